The minimum Gasteiger partial charge on any atom is -0.415 e. The molecule has 0 atom stereocenters. The zero-order chi connectivity index (χ0) is 106. The Morgan fingerprint density at radius 3 is 0.745 bits per heavy atom. The van der Waals surface area contributed by atoms with Crippen LogP contribution in [0.5, 0.6) is 0 Å². The molecule has 0 aliphatic rings. The monoisotopic (exact) mass is 2170 g/mol. The van der Waals surface area contributed by atoms with Gasteiger partial charge in [0.25, 0.3) is 41.2 Å². The van der Waals surface area contributed by atoms with Gasteiger partial charge in [-0.2, -0.15) is 0 Å². The number of hydrogen-bond donors (Lipinski definition) is 6. The SMILES string of the molecule is Cc1cccc(-c2nnc(-c3sc4nc(C)c(C)c(C)c4c3N)o2)c1.Cc1nc2sc(-c3nnc(-c4ccc(Cl)cc4)o3)c(N)c2c(C)c1C.Cc1nc2sc(-c3nnc(-c4ccc(Cl)s4)o3)c(N)c2c(C)c1C.Cc1nc2sc(-c3nnc(-c4ccc(F)cc4)o3)c(N)c2c(C)c1C.Cc1nc2sc(-c3nnc(-c4cccc(Cl)c4)o3)c(N)c2c(C)c1C.Cc1nc2sc(-c3nnc(-c4cccc(F)c4)o3)c(N)c2c(C)c1C. The molecule has 42 heteroatoms. The van der Waals surface area contributed by atoms with Crippen LogP contribution < -0.4 is 34.4 Å². The summed E-state index contributed by atoms with van der Waals surface area (Å²) in [7, 11) is 0. The van der Waals surface area contributed by atoms with Crippen LogP contribution in [0.25, 0.3) is 194 Å². The quantitative estimate of drug-likeness (QED) is 0.0661. The van der Waals surface area contributed by atoms with E-state index < -0.39 is 0 Å². The molecule has 752 valence electrons. The standard InChI is InChI=1S/C19H18N4OS.2C18H15ClN4OS.2C18H15FN4OS.C16H13ClN4OS2/c1-9-6-5-7-13(8-9)17-22-23-18(24-17)16-15(20)14-11(3)10(2)12(4)21-19(14)25-16;1-8-9(2)13-14(20)15(25-18(13)21-10(8)3)17-23-22-16(24-17)11-4-6-12(19)7-5-11;1-8-9(2)13-14(20)15(25-18(13)21-10(8)3)17-23-22-16(24-17)11-5-4-6-12(19)7-11;1-8-9(2)13-14(20)15(25-18(13)21-10(8)3)17-23-22-16(24-17)11-4-6-12(19)7-5-11;1-8-9(2)13-14(20)15(25-18(13)21-10(8)3)17-23-22-16(24-17)11-5-4-6-12(19)7-11;1-6-7(2)11-12(18)13(24-16(11)19-8(6)3)15-21-20-14(22-15)9-4-5-10(17)23-9/h5-8H,20H2,1-4H3;4*4-7H,20H2,1-3H3;4-5H,18H2,1-3H3. The number of nitrogens with zero attached hydrogens (tertiary/aromatic N) is 18. The number of hydrogen-bond acceptors (Lipinski definition) is 37. The molecule has 24 aromatic rings. The fourth-order valence-electron chi connectivity index (χ4n) is 16.6. The number of fused-ring (bicyclic) bond motifs is 6. The van der Waals surface area contributed by atoms with Gasteiger partial charge in [0.1, 0.15) is 69.9 Å². The summed E-state index contributed by atoms with van der Waals surface area (Å²) < 4.78 is 62.0. The van der Waals surface area contributed by atoms with Gasteiger partial charge < -0.3 is 60.9 Å². The first-order valence-corrected chi connectivity index (χ1v) is 52.9. The Morgan fingerprint density at radius 2 is 0.470 bits per heavy atom. The number of anilines is 6. The summed E-state index contributed by atoms with van der Waals surface area (Å²) in [5, 5.41) is 56.5. The van der Waals surface area contributed by atoms with E-state index in [1.807, 2.05) is 131 Å². The van der Waals surface area contributed by atoms with Crippen molar-refractivity contribution in [1.82, 2.24) is 91.1 Å². The van der Waals surface area contributed by atoms with Crippen LogP contribution in [0.4, 0.5) is 42.9 Å². The van der Waals surface area contributed by atoms with Gasteiger partial charge in [-0.05, 0) is 308 Å². The Balaban J connectivity index is 0.000000112. The van der Waals surface area contributed by atoms with E-state index in [2.05, 4.69) is 146 Å². The van der Waals surface area contributed by atoms with E-state index in [0.29, 0.717) is 134 Å². The van der Waals surface area contributed by atoms with Gasteiger partial charge in [0.2, 0.25) is 29.5 Å². The van der Waals surface area contributed by atoms with Gasteiger partial charge in [-0.25, -0.2) is 38.7 Å². The molecule has 0 spiro atoms. The Hall–Kier alpha value is -15.2. The van der Waals surface area contributed by atoms with Crippen molar-refractivity contribution in [2.75, 3.05) is 34.4 Å². The van der Waals surface area contributed by atoms with E-state index in [0.717, 1.165) is 209 Å². The Kier molecular flexibility index (Phi) is 28.5. The average molecular weight is 2180 g/mol. The zero-order valence-corrected chi connectivity index (χ0v) is 91.4. The Labute approximate surface area is 893 Å². The van der Waals surface area contributed by atoms with Crippen LogP contribution in [0.3, 0.4) is 0 Å². The molecular formula is C107H91Cl3F2N24O6S7. The van der Waals surface area contributed by atoms with Crippen molar-refractivity contribution in [1.29, 1.82) is 0 Å². The van der Waals surface area contributed by atoms with Gasteiger partial charge in [-0.15, -0.1) is 141 Å². The molecule has 0 bridgehead atoms. The molecule has 0 fully saturated rings. The number of rotatable bonds is 12. The van der Waals surface area contributed by atoms with Crippen molar-refractivity contribution in [2.24, 2.45) is 0 Å². The fourth-order valence-corrected chi connectivity index (χ4v) is 24.6. The highest BCUT2D eigenvalue weighted by Crippen LogP contribution is 2.51. The number of halogens is 5. The molecule has 0 saturated carbocycles. The van der Waals surface area contributed by atoms with E-state index in [4.69, 9.17) is 95.7 Å². The maximum Gasteiger partial charge on any atom is 0.260 e. The van der Waals surface area contributed by atoms with Gasteiger partial charge in [0.15, 0.2) is 0 Å². The average Bonchev–Trinajstić information content (AvgIpc) is 1.62. The van der Waals surface area contributed by atoms with Crippen LogP contribution in [0.1, 0.15) is 106 Å². The largest absolute Gasteiger partial charge is 0.415 e. The molecule has 0 radical (unpaired) electrons. The van der Waals surface area contributed by atoms with E-state index in [1.54, 1.807) is 54.6 Å². The lowest BCUT2D eigenvalue weighted by atomic mass is 10.1. The van der Waals surface area contributed by atoms with Crippen molar-refractivity contribution in [2.45, 2.75) is 132 Å². The second kappa shape index (κ2) is 41.5. The molecule has 0 aliphatic carbocycles. The Bertz CT molecular complexity index is 8770. The van der Waals surface area contributed by atoms with Gasteiger partial charge in [-0.3, -0.25) is 0 Å². The van der Waals surface area contributed by atoms with Crippen molar-refractivity contribution in [3.8, 4) is 133 Å². The van der Waals surface area contributed by atoms with Gasteiger partial charge >= 0.3 is 0 Å². The van der Waals surface area contributed by atoms with Crippen LogP contribution in [-0.4, -0.2) is 91.1 Å². The number of thiophene rings is 7. The topological polar surface area (TPSA) is 467 Å². The van der Waals surface area contributed by atoms with E-state index >= 15 is 0 Å². The molecule has 0 aliphatic heterocycles. The van der Waals surface area contributed by atoms with Gasteiger partial charge in [-0.1, -0.05) is 64.6 Å². The number of aryl methyl sites for hydroxylation is 13. The zero-order valence-electron chi connectivity index (χ0n) is 83.4. The second-order valence-electron chi connectivity index (χ2n) is 35.3. The molecule has 12 N–H and O–H groups in total. The van der Waals surface area contributed by atoms with Gasteiger partial charge in [0, 0.05) is 104 Å². The minimum absolute atomic E-state index is 0.253. The lowest BCUT2D eigenvalue weighted by Gasteiger charge is -2.05. The molecule has 149 heavy (non-hydrogen) atoms. The number of benzene rings is 5. The summed E-state index contributed by atoms with van der Waals surface area (Å²) in [6.07, 6.45) is 0. The number of nitrogens with two attached hydrogens (primary N) is 6. The summed E-state index contributed by atoms with van der Waals surface area (Å²) in [6.45, 7) is 38.6. The molecule has 30 nitrogen and oxygen atoms in total. The second-order valence-corrected chi connectivity index (χ2v) is 43.9. The molecule has 0 saturated heterocycles. The molecular weight excluding hydrogens is 2090 g/mol. The summed E-state index contributed by atoms with van der Waals surface area (Å²) in [6, 6.07) is 38.1. The smallest absolute Gasteiger partial charge is 0.260 e. The summed E-state index contributed by atoms with van der Waals surface area (Å²) in [5.74, 6) is 3.97. The first-order chi connectivity index (χ1) is 71.2. The third-order valence-corrected chi connectivity index (χ3v) is 34.4. The Morgan fingerprint density at radius 1 is 0.221 bits per heavy atom. The predicted molar refractivity (Wildman–Crippen MR) is 599 cm³/mol. The molecule has 0 amide bonds. The van der Waals surface area contributed by atoms with E-state index in [-0.39, 0.29) is 17.5 Å². The maximum absolute atomic E-state index is 13.4. The molecule has 0 unspecified atom stereocenters. The van der Waals surface area contributed by atoms with Crippen molar-refractivity contribution in [3.05, 3.63) is 266 Å². The third kappa shape index (κ3) is 19.9. The van der Waals surface area contributed by atoms with E-state index in [1.165, 1.54) is 104 Å². The maximum atomic E-state index is 13.4. The highest BCUT2D eigenvalue weighted by molar-refractivity contribution is 7.25. The van der Waals surface area contributed by atoms with Crippen molar-refractivity contribution in [3.63, 3.8) is 0 Å². The van der Waals surface area contributed by atoms with Gasteiger partial charge in [0.05, 0.1) is 43.3 Å². The van der Waals surface area contributed by atoms with Crippen LogP contribution >= 0.6 is 114 Å². The molecule has 19 heterocycles. The third-order valence-electron chi connectivity index (χ3n) is 26.1. The highest BCUT2D eigenvalue weighted by Gasteiger charge is 2.30. The number of pyridine rings is 6. The minimum atomic E-state index is -0.357. The van der Waals surface area contributed by atoms with Crippen LogP contribution in [-0.2, 0) is 0 Å². The highest BCUT2D eigenvalue weighted by atomic mass is 35.5. The fraction of sp³-hybridized carbons (Fsp3) is 0.178. The lowest BCUT2D eigenvalue weighted by molar-refractivity contribution is 0.583. The predicted octanol–water partition coefficient (Wildman–Crippen LogP) is 29.7. The normalized spacial score (nSPS) is 11.4. The number of nitrogen functional groups attached to an aromatic ring is 6. The van der Waals surface area contributed by atoms with Crippen molar-refractivity contribution >= 4 is 210 Å². The summed E-state index contributed by atoms with van der Waals surface area (Å²) >= 11 is 28.1. The lowest BCUT2D eigenvalue weighted by Crippen LogP contribution is -1.93. The van der Waals surface area contributed by atoms with Crippen LogP contribution in [0, 0.1) is 143 Å². The van der Waals surface area contributed by atoms with E-state index in [9.17, 15) is 8.78 Å². The first-order valence-electron chi connectivity index (χ1n) is 46.1. The summed E-state index contributed by atoms with van der Waals surface area (Å²) in [5.41, 5.74) is 66.4. The van der Waals surface area contributed by atoms with Crippen LogP contribution in [0.15, 0.2) is 160 Å². The molecule has 24 rings (SSSR count). The summed E-state index contributed by atoms with van der Waals surface area (Å²) in [4.78, 5) is 38.4. The first kappa shape index (κ1) is 102. The number of aromatic nitrogens is 18. The molecule has 19 aromatic heterocycles. The van der Waals surface area contributed by atoms with Crippen LogP contribution in [0.2, 0.25) is 14.4 Å². The van der Waals surface area contributed by atoms with Crippen molar-refractivity contribution < 1.29 is 35.3 Å². The molecule has 5 aromatic carbocycles.